The maximum absolute atomic E-state index is 14.2. The number of benzene rings is 8. The van der Waals surface area contributed by atoms with Crippen LogP contribution in [0.25, 0.3) is 32.3 Å². The molecule has 0 N–H and O–H groups in total. The summed E-state index contributed by atoms with van der Waals surface area (Å²) >= 11 is 0. The lowest BCUT2D eigenvalue weighted by Crippen LogP contribution is -2.12. The molecular weight excluding hydrogens is 733 g/mol. The van der Waals surface area contributed by atoms with E-state index < -0.39 is 23.5 Å². The van der Waals surface area contributed by atoms with Gasteiger partial charge in [-0.15, -0.1) is 0 Å². The second-order valence-electron chi connectivity index (χ2n) is 13.7. The zero-order valence-electron chi connectivity index (χ0n) is 30.5. The fourth-order valence-corrected chi connectivity index (χ4v) is 7.40. The maximum Gasteiger partial charge on any atom is 0.417 e. The monoisotopic (exact) mass is 765 g/mol. The Balaban J connectivity index is 1.23. The smallest absolute Gasteiger partial charge is 0.310 e. The van der Waals surface area contributed by atoms with E-state index in [9.17, 15) is 26.3 Å². The first kappa shape index (κ1) is 37.2. The molecule has 0 saturated carbocycles. The average Bonchev–Trinajstić information content (AvgIpc) is 3.22. The van der Waals surface area contributed by atoms with Gasteiger partial charge in [0.2, 0.25) is 0 Å². The quantitative estimate of drug-likeness (QED) is 0.0860. The third-order valence-electron chi connectivity index (χ3n) is 10.1. The highest BCUT2D eigenvalue weighted by Gasteiger charge is 2.34. The largest absolute Gasteiger partial charge is 0.417 e. The Bertz CT molecular complexity index is 2800. The third-order valence-corrected chi connectivity index (χ3v) is 10.1. The van der Waals surface area contributed by atoms with E-state index in [2.05, 4.69) is 39.4 Å². The van der Waals surface area contributed by atoms with E-state index in [1.807, 2.05) is 72.8 Å². The zero-order chi connectivity index (χ0) is 39.7. The normalized spacial score (nSPS) is 12.8. The second kappa shape index (κ2) is 15.1. The Morgan fingerprint density at radius 3 is 1.56 bits per heavy atom. The molecule has 0 unspecified atom stereocenters. The van der Waals surface area contributed by atoms with Crippen molar-refractivity contribution in [2.24, 2.45) is 10.2 Å². The van der Waals surface area contributed by atoms with Gasteiger partial charge in [0.25, 0.3) is 0 Å². The van der Waals surface area contributed by atoms with Gasteiger partial charge in [-0.05, 0) is 81.9 Å². The lowest BCUT2D eigenvalue weighted by atomic mass is 9.93. The van der Waals surface area contributed by atoms with Gasteiger partial charge in [0.05, 0.1) is 28.2 Å². The van der Waals surface area contributed by atoms with Gasteiger partial charge in [-0.25, -0.2) is 0 Å². The van der Waals surface area contributed by atoms with Crippen molar-refractivity contribution >= 4 is 60.8 Å². The Hall–Kier alpha value is -6.74. The van der Waals surface area contributed by atoms with Crippen molar-refractivity contribution in [2.45, 2.75) is 25.7 Å². The van der Waals surface area contributed by atoms with E-state index in [0.717, 1.165) is 45.5 Å². The van der Waals surface area contributed by atoms with Crippen molar-refractivity contribution in [1.82, 2.24) is 0 Å². The predicted octanol–water partition coefficient (Wildman–Crippen LogP) is 14.1. The topological polar surface area (TPSA) is 28.0 Å². The molecule has 0 spiro atoms. The molecule has 57 heavy (non-hydrogen) atoms. The van der Waals surface area contributed by atoms with Crippen LogP contribution in [0.4, 0.5) is 43.4 Å². The van der Waals surface area contributed by atoms with Crippen LogP contribution in [0.15, 0.2) is 180 Å². The number of alkyl halides is 6. The summed E-state index contributed by atoms with van der Waals surface area (Å²) in [5.41, 5.74) is 3.78. The predicted molar refractivity (Wildman–Crippen MR) is 219 cm³/mol. The van der Waals surface area contributed by atoms with Gasteiger partial charge in [-0.1, -0.05) is 127 Å². The number of anilines is 3. The SMILES string of the molecule is C/C(=N\N=C(/Cc1ccc(N(c2ccccc2)c2cccc3ccccc23)cc1)c1ccc(C(F)(F)F)c2ccccc12)c1ccc(C(F)(F)F)c2ccccc12. The first-order chi connectivity index (χ1) is 27.5. The molecule has 3 nitrogen and oxygen atoms in total. The Morgan fingerprint density at radius 2 is 0.947 bits per heavy atom. The molecule has 0 aliphatic heterocycles. The minimum Gasteiger partial charge on any atom is -0.310 e. The Labute approximate surface area is 324 Å². The fraction of sp³-hybridized carbons (Fsp3) is 0.0833. The molecular formula is C48H33F6N3. The van der Waals surface area contributed by atoms with Gasteiger partial charge in [-0.2, -0.15) is 36.5 Å². The summed E-state index contributed by atoms with van der Waals surface area (Å²) in [7, 11) is 0. The summed E-state index contributed by atoms with van der Waals surface area (Å²) in [6.45, 7) is 1.65. The molecule has 8 aromatic rings. The molecule has 0 atom stereocenters. The minimum atomic E-state index is -4.58. The van der Waals surface area contributed by atoms with Crippen molar-refractivity contribution in [3.63, 3.8) is 0 Å². The zero-order valence-corrected chi connectivity index (χ0v) is 30.5. The maximum atomic E-state index is 14.2. The van der Waals surface area contributed by atoms with E-state index in [4.69, 9.17) is 0 Å². The van der Waals surface area contributed by atoms with Gasteiger partial charge in [-0.3, -0.25) is 0 Å². The van der Waals surface area contributed by atoms with Crippen LogP contribution in [0.5, 0.6) is 0 Å². The summed E-state index contributed by atoms with van der Waals surface area (Å²) in [4.78, 5) is 2.17. The van der Waals surface area contributed by atoms with Crippen LogP contribution in [0, 0.1) is 0 Å². The highest BCUT2D eigenvalue weighted by atomic mass is 19.4. The number of nitrogens with zero attached hydrogens (tertiary/aromatic N) is 3. The van der Waals surface area contributed by atoms with Crippen molar-refractivity contribution in [3.05, 3.63) is 198 Å². The number of halogens is 6. The number of fused-ring (bicyclic) bond motifs is 3. The molecule has 0 saturated heterocycles. The molecule has 8 rings (SSSR count). The summed E-state index contributed by atoms with van der Waals surface area (Å²) in [6.07, 6.45) is -8.95. The van der Waals surface area contributed by atoms with Crippen molar-refractivity contribution < 1.29 is 26.3 Å². The number of hydrogen-bond donors (Lipinski definition) is 0. The molecule has 0 aromatic heterocycles. The average molecular weight is 766 g/mol. The standard InChI is InChI=1S/C48H33F6N3/c1-31(36-26-28-43(47(49,50)51)40-19-9-7-17-38(36)40)55-56-45(42-27-29-44(48(52,53)54)41-20-10-8-18-39(41)42)30-32-22-24-35(25-23-32)57(34-14-3-2-4-15-34)46-21-11-13-33-12-5-6-16-37(33)46/h2-29H,30H2,1H3/b55-31+,56-45+. The van der Waals surface area contributed by atoms with Crippen molar-refractivity contribution in [2.75, 3.05) is 4.90 Å². The van der Waals surface area contributed by atoms with E-state index in [-0.39, 0.29) is 17.2 Å². The highest BCUT2D eigenvalue weighted by Crippen LogP contribution is 2.40. The van der Waals surface area contributed by atoms with Crippen LogP contribution in [0.1, 0.15) is 34.7 Å². The molecule has 0 aliphatic rings. The molecule has 8 aromatic carbocycles. The lowest BCUT2D eigenvalue weighted by Gasteiger charge is -2.27. The van der Waals surface area contributed by atoms with Crippen LogP contribution >= 0.6 is 0 Å². The van der Waals surface area contributed by atoms with Gasteiger partial charge >= 0.3 is 12.4 Å². The molecule has 9 heteroatoms. The molecule has 0 bridgehead atoms. The van der Waals surface area contributed by atoms with Crippen molar-refractivity contribution in [1.29, 1.82) is 0 Å². The summed E-state index contributed by atoms with van der Waals surface area (Å²) in [6, 6.07) is 49.6. The summed E-state index contributed by atoms with van der Waals surface area (Å²) < 4.78 is 84.3. The highest BCUT2D eigenvalue weighted by molar-refractivity contribution is 6.14. The van der Waals surface area contributed by atoms with Gasteiger partial charge in [0.1, 0.15) is 0 Å². The number of para-hydroxylation sites is 1. The van der Waals surface area contributed by atoms with Crippen LogP contribution in [0.3, 0.4) is 0 Å². The second-order valence-corrected chi connectivity index (χ2v) is 13.7. The van der Waals surface area contributed by atoms with Gasteiger partial charge in [0.15, 0.2) is 0 Å². The number of rotatable bonds is 8. The summed E-state index contributed by atoms with van der Waals surface area (Å²) in [5.74, 6) is 0. The molecule has 282 valence electrons. The van der Waals surface area contributed by atoms with E-state index >= 15 is 0 Å². The van der Waals surface area contributed by atoms with Crippen LogP contribution in [-0.2, 0) is 18.8 Å². The Morgan fingerprint density at radius 1 is 0.456 bits per heavy atom. The van der Waals surface area contributed by atoms with E-state index in [1.54, 1.807) is 43.3 Å². The fourth-order valence-electron chi connectivity index (χ4n) is 7.40. The Kier molecular flexibility index (Phi) is 9.83. The van der Waals surface area contributed by atoms with Crippen LogP contribution in [-0.4, -0.2) is 11.4 Å². The number of hydrogen-bond acceptors (Lipinski definition) is 3. The third kappa shape index (κ3) is 7.48. The van der Waals surface area contributed by atoms with Crippen LogP contribution < -0.4 is 4.90 Å². The molecule has 0 heterocycles. The minimum absolute atomic E-state index is 0.0218. The first-order valence-corrected chi connectivity index (χ1v) is 18.2. The molecule has 0 fully saturated rings. The molecule has 0 amide bonds. The van der Waals surface area contributed by atoms with Crippen molar-refractivity contribution in [3.8, 4) is 0 Å². The van der Waals surface area contributed by atoms with Gasteiger partial charge in [0, 0.05) is 34.3 Å². The molecule has 0 aliphatic carbocycles. The lowest BCUT2D eigenvalue weighted by molar-refractivity contribution is -0.137. The van der Waals surface area contributed by atoms with E-state index in [1.165, 1.54) is 24.3 Å². The summed E-state index contributed by atoms with van der Waals surface area (Å²) in [5, 5.41) is 12.1. The van der Waals surface area contributed by atoms with Gasteiger partial charge < -0.3 is 4.90 Å². The molecule has 0 radical (unpaired) electrons. The first-order valence-electron chi connectivity index (χ1n) is 18.2. The van der Waals surface area contributed by atoms with Crippen LogP contribution in [0.2, 0.25) is 0 Å². The van der Waals surface area contributed by atoms with E-state index in [0.29, 0.717) is 33.3 Å².